The van der Waals surface area contributed by atoms with Crippen molar-refractivity contribution < 1.29 is 40.2 Å². The summed E-state index contributed by atoms with van der Waals surface area (Å²) in [5.41, 5.74) is -2.49. The number of nitrogens with zero attached hydrogens (tertiary/aromatic N) is 6. The minimum atomic E-state index is -4.92. The molecule has 230 valence electrons. The van der Waals surface area contributed by atoms with Gasteiger partial charge in [-0.2, -0.15) is 31.1 Å². The van der Waals surface area contributed by atoms with Crippen molar-refractivity contribution in [1.29, 1.82) is 0 Å². The van der Waals surface area contributed by atoms with Gasteiger partial charge in [0.05, 0.1) is 24.3 Å². The van der Waals surface area contributed by atoms with E-state index in [9.17, 15) is 40.2 Å². The molecule has 0 amide bonds. The molecule has 0 radical (unpaired) electrons. The lowest BCUT2D eigenvalue weighted by Crippen LogP contribution is -2.52. The SMILES string of the molecule is CCC(c1ccc(C(F)(F)F)cc1CN(Cc1cc(C(F)(F)F)cc(C(F)(F)CC)c1)c1nnn(C)n1)N1CC(O)C1. The number of rotatable bonds is 10. The zero-order chi connectivity index (χ0) is 31.0. The van der Waals surface area contributed by atoms with Crippen LogP contribution in [0.5, 0.6) is 0 Å². The summed E-state index contributed by atoms with van der Waals surface area (Å²) in [4.78, 5) is 4.27. The molecule has 1 N–H and O–H groups in total. The molecule has 4 rings (SSSR count). The van der Waals surface area contributed by atoms with E-state index in [-0.39, 0.29) is 29.7 Å². The highest BCUT2D eigenvalue weighted by molar-refractivity contribution is 5.42. The largest absolute Gasteiger partial charge is 0.416 e. The third-order valence-electron chi connectivity index (χ3n) is 7.25. The topological polar surface area (TPSA) is 70.3 Å². The Morgan fingerprint density at radius 3 is 2.07 bits per heavy atom. The number of benzene rings is 2. The monoisotopic (exact) mass is 606 g/mol. The molecule has 42 heavy (non-hydrogen) atoms. The molecule has 1 saturated heterocycles. The van der Waals surface area contributed by atoms with Gasteiger partial charge in [-0.3, -0.25) is 4.90 Å². The second-order valence-electron chi connectivity index (χ2n) is 10.4. The number of likely N-dealkylation sites (tertiary alicyclic amines) is 1. The number of hydrogen-bond acceptors (Lipinski definition) is 6. The van der Waals surface area contributed by atoms with Gasteiger partial charge in [-0.15, -0.1) is 5.10 Å². The Bertz CT molecular complexity index is 1380. The summed E-state index contributed by atoms with van der Waals surface area (Å²) in [6, 6.07) is 4.98. The van der Waals surface area contributed by atoms with Crippen LogP contribution in [0.2, 0.25) is 0 Å². The van der Waals surface area contributed by atoms with Crippen LogP contribution in [-0.4, -0.2) is 49.4 Å². The fourth-order valence-electron chi connectivity index (χ4n) is 5.05. The Labute approximate surface area is 236 Å². The molecule has 1 atom stereocenters. The summed E-state index contributed by atoms with van der Waals surface area (Å²) in [5.74, 6) is -3.66. The van der Waals surface area contributed by atoms with E-state index in [2.05, 4.69) is 15.4 Å². The van der Waals surface area contributed by atoms with Crippen LogP contribution in [0, 0.1) is 0 Å². The summed E-state index contributed by atoms with van der Waals surface area (Å²) in [6.45, 7) is 2.91. The van der Waals surface area contributed by atoms with Crippen LogP contribution in [0.1, 0.15) is 66.1 Å². The lowest BCUT2D eigenvalue weighted by molar-refractivity contribution is -0.138. The first-order valence-electron chi connectivity index (χ1n) is 13.2. The van der Waals surface area contributed by atoms with Gasteiger partial charge in [0.2, 0.25) is 0 Å². The van der Waals surface area contributed by atoms with Crippen LogP contribution in [0.25, 0.3) is 0 Å². The number of alkyl halides is 8. The predicted octanol–water partition coefficient (Wildman–Crippen LogP) is 6.08. The minimum Gasteiger partial charge on any atom is -0.390 e. The van der Waals surface area contributed by atoms with E-state index in [1.807, 2.05) is 11.8 Å². The van der Waals surface area contributed by atoms with E-state index in [1.165, 1.54) is 18.0 Å². The molecule has 2 heterocycles. The lowest BCUT2D eigenvalue weighted by atomic mass is 9.92. The molecule has 1 fully saturated rings. The number of aliphatic hydroxyl groups is 1. The third-order valence-corrected chi connectivity index (χ3v) is 7.25. The van der Waals surface area contributed by atoms with Crippen molar-refractivity contribution in [2.24, 2.45) is 7.05 Å². The average Bonchev–Trinajstić information content (AvgIpc) is 3.33. The molecule has 3 aromatic rings. The Hall–Kier alpha value is -3.33. The number of anilines is 1. The van der Waals surface area contributed by atoms with Crippen molar-refractivity contribution in [3.8, 4) is 0 Å². The molecular formula is C27H30F8N6O. The second kappa shape index (κ2) is 11.7. The Kier molecular flexibility index (Phi) is 8.84. The van der Waals surface area contributed by atoms with Crippen LogP contribution in [-0.2, 0) is 38.4 Å². The highest BCUT2D eigenvalue weighted by Crippen LogP contribution is 2.39. The number of hydrogen-bond donors (Lipinski definition) is 1. The molecule has 0 aliphatic carbocycles. The number of aliphatic hydroxyl groups excluding tert-OH is 1. The van der Waals surface area contributed by atoms with E-state index < -0.39 is 54.0 Å². The van der Waals surface area contributed by atoms with E-state index >= 15 is 0 Å². The van der Waals surface area contributed by atoms with Gasteiger partial charge >= 0.3 is 12.4 Å². The standard InChI is InChI=1S/C27H30F8N6O/c1-4-23(40-14-21(42)15-40)22-7-6-18(26(30,31)32)10-17(22)13-41(24-36-38-39(3)37-24)12-16-8-19(25(28,29)5-2)11-20(9-16)27(33,34)35/h6-11,21,23,42H,4-5,12-15H2,1-3H3. The van der Waals surface area contributed by atoms with E-state index in [0.29, 0.717) is 31.1 Å². The van der Waals surface area contributed by atoms with Crippen LogP contribution in [0.15, 0.2) is 36.4 Å². The molecule has 1 aliphatic heterocycles. The van der Waals surface area contributed by atoms with Crippen molar-refractivity contribution in [2.45, 2.75) is 70.2 Å². The van der Waals surface area contributed by atoms with Crippen LogP contribution in [0.4, 0.5) is 41.1 Å². The predicted molar refractivity (Wildman–Crippen MR) is 136 cm³/mol. The van der Waals surface area contributed by atoms with Gasteiger partial charge < -0.3 is 10.0 Å². The molecule has 0 spiro atoms. The molecule has 1 aromatic heterocycles. The molecule has 0 saturated carbocycles. The fourth-order valence-corrected chi connectivity index (χ4v) is 5.05. The number of tetrazole rings is 1. The summed E-state index contributed by atoms with van der Waals surface area (Å²) < 4.78 is 112. The maximum Gasteiger partial charge on any atom is 0.416 e. The first-order chi connectivity index (χ1) is 19.5. The molecule has 7 nitrogen and oxygen atoms in total. The highest BCUT2D eigenvalue weighted by atomic mass is 19.4. The van der Waals surface area contributed by atoms with E-state index in [4.69, 9.17) is 0 Å². The summed E-state index contributed by atoms with van der Waals surface area (Å²) in [6.07, 6.45) is -10.4. The minimum absolute atomic E-state index is 0.116. The Morgan fingerprint density at radius 1 is 0.905 bits per heavy atom. The van der Waals surface area contributed by atoms with Gasteiger partial charge in [-0.1, -0.05) is 25.0 Å². The van der Waals surface area contributed by atoms with Gasteiger partial charge in [0.25, 0.3) is 11.9 Å². The lowest BCUT2D eigenvalue weighted by Gasteiger charge is -2.42. The third kappa shape index (κ3) is 7.00. The van der Waals surface area contributed by atoms with Crippen molar-refractivity contribution in [2.75, 3.05) is 18.0 Å². The fraction of sp³-hybridized carbons (Fsp3) is 0.519. The molecular weight excluding hydrogens is 576 g/mol. The molecule has 1 unspecified atom stereocenters. The van der Waals surface area contributed by atoms with Crippen molar-refractivity contribution >= 4 is 5.95 Å². The van der Waals surface area contributed by atoms with Gasteiger partial charge in [-0.25, -0.2) is 8.78 Å². The Morgan fingerprint density at radius 2 is 1.55 bits per heavy atom. The summed E-state index contributed by atoms with van der Waals surface area (Å²) in [5, 5.41) is 21.5. The van der Waals surface area contributed by atoms with E-state index in [0.717, 1.165) is 36.0 Å². The van der Waals surface area contributed by atoms with Crippen molar-refractivity contribution in [1.82, 2.24) is 25.1 Å². The van der Waals surface area contributed by atoms with Gasteiger partial charge in [-0.05, 0) is 58.7 Å². The first-order valence-corrected chi connectivity index (χ1v) is 13.2. The smallest absolute Gasteiger partial charge is 0.390 e. The average molecular weight is 607 g/mol. The van der Waals surface area contributed by atoms with Crippen LogP contribution >= 0.6 is 0 Å². The van der Waals surface area contributed by atoms with Crippen LogP contribution in [0.3, 0.4) is 0 Å². The van der Waals surface area contributed by atoms with Gasteiger partial charge in [0, 0.05) is 44.2 Å². The van der Waals surface area contributed by atoms with Gasteiger partial charge in [0.1, 0.15) is 0 Å². The molecule has 1 aliphatic rings. The quantitative estimate of drug-likeness (QED) is 0.282. The Balaban J connectivity index is 1.81. The molecule has 15 heteroatoms. The van der Waals surface area contributed by atoms with E-state index in [1.54, 1.807) is 0 Å². The van der Waals surface area contributed by atoms with Crippen LogP contribution < -0.4 is 4.90 Å². The van der Waals surface area contributed by atoms with Crippen molar-refractivity contribution in [3.05, 3.63) is 69.8 Å². The summed E-state index contributed by atoms with van der Waals surface area (Å²) >= 11 is 0. The number of halogens is 8. The molecule has 2 aromatic carbocycles. The van der Waals surface area contributed by atoms with Gasteiger partial charge in [0.15, 0.2) is 0 Å². The first kappa shape index (κ1) is 31.6. The number of aryl methyl sites for hydroxylation is 1. The normalized spacial score (nSPS) is 16.0. The maximum atomic E-state index is 14.6. The number of β-amino-alcohol motifs (C(OH)–C–C–N with tert-alkyl or cyclic N) is 1. The zero-order valence-electron chi connectivity index (χ0n) is 23.0. The van der Waals surface area contributed by atoms with Crippen molar-refractivity contribution in [3.63, 3.8) is 0 Å². The maximum absolute atomic E-state index is 14.6. The number of aromatic nitrogens is 4. The zero-order valence-corrected chi connectivity index (χ0v) is 23.0. The highest BCUT2D eigenvalue weighted by Gasteiger charge is 2.37. The second-order valence-corrected chi connectivity index (χ2v) is 10.4. The summed E-state index contributed by atoms with van der Waals surface area (Å²) in [7, 11) is 1.43. The molecule has 0 bridgehead atoms.